The molecule has 0 unspecified atom stereocenters. The zero-order valence-corrected chi connectivity index (χ0v) is 10.3. The molecule has 4 nitrogen and oxygen atoms in total. The highest BCUT2D eigenvalue weighted by Crippen LogP contribution is 2.26. The molecule has 0 bridgehead atoms. The van der Waals surface area contributed by atoms with E-state index in [4.69, 9.17) is 5.73 Å². The highest BCUT2D eigenvalue weighted by atomic mass is 19.4. The first-order valence-corrected chi connectivity index (χ1v) is 5.66. The van der Waals surface area contributed by atoms with Crippen molar-refractivity contribution >= 4 is 5.91 Å². The number of ether oxygens (including phenoxy) is 1. The Balaban J connectivity index is 2.61. The van der Waals surface area contributed by atoms with Crippen LogP contribution in [0.2, 0.25) is 0 Å². The van der Waals surface area contributed by atoms with Gasteiger partial charge in [-0.15, -0.1) is 13.2 Å². The van der Waals surface area contributed by atoms with Crippen molar-refractivity contribution in [2.75, 3.05) is 6.54 Å². The van der Waals surface area contributed by atoms with Crippen LogP contribution in [0.15, 0.2) is 24.3 Å². The molecule has 1 atom stereocenters. The summed E-state index contributed by atoms with van der Waals surface area (Å²) in [7, 11) is 0. The van der Waals surface area contributed by atoms with Crippen LogP contribution in [0.25, 0.3) is 0 Å². The molecule has 19 heavy (non-hydrogen) atoms. The molecule has 0 aliphatic carbocycles. The van der Waals surface area contributed by atoms with E-state index in [0.29, 0.717) is 5.56 Å². The fourth-order valence-electron chi connectivity index (χ4n) is 1.42. The van der Waals surface area contributed by atoms with Crippen molar-refractivity contribution in [2.24, 2.45) is 5.73 Å². The van der Waals surface area contributed by atoms with Crippen LogP contribution in [0.3, 0.4) is 0 Å². The van der Waals surface area contributed by atoms with Gasteiger partial charge in [0.15, 0.2) is 0 Å². The summed E-state index contributed by atoms with van der Waals surface area (Å²) in [6, 6.07) is 5.15. The van der Waals surface area contributed by atoms with E-state index in [0.717, 1.165) is 0 Å². The number of alkyl halides is 3. The minimum atomic E-state index is -4.73. The highest BCUT2D eigenvalue weighted by molar-refractivity contribution is 5.80. The van der Waals surface area contributed by atoms with E-state index in [1.165, 1.54) is 25.1 Å². The number of nitrogens with one attached hydrogen (secondary N) is 1. The number of hydrogen-bond acceptors (Lipinski definition) is 3. The van der Waals surface area contributed by atoms with Crippen LogP contribution in [0.5, 0.6) is 5.75 Å². The molecule has 1 aromatic rings. The quantitative estimate of drug-likeness (QED) is 0.858. The second kappa shape index (κ2) is 6.42. The van der Waals surface area contributed by atoms with Gasteiger partial charge in [-0.05, 0) is 25.0 Å². The van der Waals surface area contributed by atoms with Gasteiger partial charge in [0.05, 0.1) is 6.04 Å². The van der Waals surface area contributed by atoms with Crippen LogP contribution in [0.4, 0.5) is 13.2 Å². The van der Waals surface area contributed by atoms with Crippen molar-refractivity contribution in [2.45, 2.75) is 25.7 Å². The van der Waals surface area contributed by atoms with Gasteiger partial charge >= 0.3 is 6.36 Å². The van der Waals surface area contributed by atoms with E-state index in [9.17, 15) is 18.0 Å². The fourth-order valence-corrected chi connectivity index (χ4v) is 1.42. The Morgan fingerprint density at radius 2 is 2.05 bits per heavy atom. The number of amides is 1. The summed E-state index contributed by atoms with van der Waals surface area (Å²) in [5.74, 6) is -0.612. The van der Waals surface area contributed by atoms with E-state index >= 15 is 0 Å². The standard InChI is InChI=1S/C12H15F3N2O2/c1-8(16)11(18)17-7-6-9-4-2-3-5-10(9)19-12(13,14)15/h2-5,8H,6-7,16H2,1H3,(H,17,18)/t8-/m1/s1. The number of rotatable bonds is 5. The molecular weight excluding hydrogens is 261 g/mol. The van der Waals surface area contributed by atoms with Crippen LogP contribution < -0.4 is 15.8 Å². The molecule has 0 aliphatic heterocycles. The van der Waals surface area contributed by atoms with Crippen molar-refractivity contribution in [1.82, 2.24) is 5.32 Å². The molecule has 1 aromatic carbocycles. The Labute approximate surface area is 108 Å². The topological polar surface area (TPSA) is 64.4 Å². The van der Waals surface area contributed by atoms with Crippen LogP contribution >= 0.6 is 0 Å². The maximum atomic E-state index is 12.2. The molecular formula is C12H15F3N2O2. The van der Waals surface area contributed by atoms with E-state index in [1.54, 1.807) is 6.07 Å². The van der Waals surface area contributed by atoms with Crippen molar-refractivity contribution in [1.29, 1.82) is 0 Å². The third-order valence-corrected chi connectivity index (χ3v) is 2.31. The van der Waals surface area contributed by atoms with Gasteiger partial charge in [0.1, 0.15) is 5.75 Å². The molecule has 0 saturated heterocycles. The molecule has 0 heterocycles. The lowest BCUT2D eigenvalue weighted by Crippen LogP contribution is -2.39. The highest BCUT2D eigenvalue weighted by Gasteiger charge is 2.31. The van der Waals surface area contributed by atoms with Gasteiger partial charge in [-0.2, -0.15) is 0 Å². The van der Waals surface area contributed by atoms with Gasteiger partial charge in [-0.25, -0.2) is 0 Å². The molecule has 0 spiro atoms. The number of hydrogen-bond donors (Lipinski definition) is 2. The average molecular weight is 276 g/mol. The molecule has 0 aromatic heterocycles. The lowest BCUT2D eigenvalue weighted by Gasteiger charge is -2.13. The van der Waals surface area contributed by atoms with Crippen LogP contribution in [0, 0.1) is 0 Å². The van der Waals surface area contributed by atoms with Gasteiger partial charge in [-0.3, -0.25) is 4.79 Å². The molecule has 7 heteroatoms. The predicted octanol–water partition coefficient (Wildman–Crippen LogP) is 1.59. The third-order valence-electron chi connectivity index (χ3n) is 2.31. The molecule has 1 rings (SSSR count). The first-order valence-electron chi connectivity index (χ1n) is 5.66. The molecule has 3 N–H and O–H groups in total. The summed E-state index contributed by atoms with van der Waals surface area (Å²) >= 11 is 0. The third kappa shape index (κ3) is 5.60. The Morgan fingerprint density at radius 1 is 1.42 bits per heavy atom. The Morgan fingerprint density at radius 3 is 2.63 bits per heavy atom. The largest absolute Gasteiger partial charge is 0.573 e. The number of nitrogens with two attached hydrogens (primary N) is 1. The molecule has 106 valence electrons. The maximum absolute atomic E-state index is 12.2. The Bertz CT molecular complexity index is 433. The van der Waals surface area contributed by atoms with E-state index in [1.807, 2.05) is 0 Å². The first-order chi connectivity index (χ1) is 8.79. The van der Waals surface area contributed by atoms with Crippen molar-refractivity contribution in [3.63, 3.8) is 0 Å². The first kappa shape index (κ1) is 15.3. The molecule has 0 radical (unpaired) electrons. The zero-order valence-electron chi connectivity index (χ0n) is 10.3. The van der Waals surface area contributed by atoms with Crippen molar-refractivity contribution in [3.8, 4) is 5.75 Å². The monoisotopic (exact) mass is 276 g/mol. The summed E-state index contributed by atoms with van der Waals surface area (Å²) in [5, 5.41) is 2.52. The minimum absolute atomic E-state index is 0.193. The molecule has 0 saturated carbocycles. The lowest BCUT2D eigenvalue weighted by molar-refractivity contribution is -0.274. The average Bonchev–Trinajstić information content (AvgIpc) is 2.29. The van der Waals surface area contributed by atoms with E-state index in [2.05, 4.69) is 10.1 Å². The SMILES string of the molecule is C[C@@H](N)C(=O)NCCc1ccccc1OC(F)(F)F. The van der Waals surface area contributed by atoms with Crippen LogP contribution in [0.1, 0.15) is 12.5 Å². The number of halogens is 3. The number of benzene rings is 1. The second-order valence-corrected chi connectivity index (χ2v) is 3.99. The van der Waals surface area contributed by atoms with Crippen LogP contribution in [-0.2, 0) is 11.2 Å². The molecule has 0 aliphatic rings. The summed E-state index contributed by atoms with van der Waals surface area (Å²) < 4.78 is 40.4. The summed E-state index contributed by atoms with van der Waals surface area (Å²) in [4.78, 5) is 11.2. The normalized spacial score (nSPS) is 12.9. The van der Waals surface area contributed by atoms with Crippen molar-refractivity contribution in [3.05, 3.63) is 29.8 Å². The second-order valence-electron chi connectivity index (χ2n) is 3.99. The summed E-state index contributed by atoms with van der Waals surface area (Å²) in [6.07, 6.45) is -4.50. The van der Waals surface area contributed by atoms with E-state index < -0.39 is 12.4 Å². The van der Waals surface area contributed by atoms with Gasteiger partial charge in [0.25, 0.3) is 0 Å². The predicted molar refractivity (Wildman–Crippen MR) is 63.5 cm³/mol. The van der Waals surface area contributed by atoms with Gasteiger partial charge < -0.3 is 15.8 Å². The van der Waals surface area contributed by atoms with Crippen molar-refractivity contribution < 1.29 is 22.7 Å². The van der Waals surface area contributed by atoms with Crippen LogP contribution in [-0.4, -0.2) is 24.9 Å². The summed E-state index contributed by atoms with van der Waals surface area (Å²) in [5.41, 5.74) is 5.71. The lowest BCUT2D eigenvalue weighted by atomic mass is 10.1. The van der Waals surface area contributed by atoms with E-state index in [-0.39, 0.29) is 24.6 Å². The number of para-hydroxylation sites is 1. The number of carbonyl (C=O) groups excluding carboxylic acids is 1. The van der Waals surface area contributed by atoms with Gasteiger partial charge in [0, 0.05) is 6.54 Å². The minimum Gasteiger partial charge on any atom is -0.406 e. The Hall–Kier alpha value is -1.76. The molecule has 0 fully saturated rings. The van der Waals surface area contributed by atoms with Gasteiger partial charge in [0.2, 0.25) is 5.91 Å². The molecule has 1 amide bonds. The smallest absolute Gasteiger partial charge is 0.406 e. The maximum Gasteiger partial charge on any atom is 0.573 e. The fraction of sp³-hybridized carbons (Fsp3) is 0.417. The van der Waals surface area contributed by atoms with Gasteiger partial charge in [-0.1, -0.05) is 18.2 Å². The zero-order chi connectivity index (χ0) is 14.5. The Kier molecular flexibility index (Phi) is 5.17. The number of carbonyl (C=O) groups is 1. The summed E-state index contributed by atoms with van der Waals surface area (Å²) in [6.45, 7) is 1.72.